The summed E-state index contributed by atoms with van der Waals surface area (Å²) in [6.45, 7) is 1.88. The first kappa shape index (κ1) is 13.2. The number of aromatic nitrogens is 2. The van der Waals surface area contributed by atoms with E-state index >= 15 is 0 Å². The number of carbonyl (C=O) groups is 1. The van der Waals surface area contributed by atoms with Gasteiger partial charge in [0.2, 0.25) is 0 Å². The molecule has 1 heterocycles. The first-order valence-electron chi connectivity index (χ1n) is 6.45. The van der Waals surface area contributed by atoms with Gasteiger partial charge < -0.3 is 14.6 Å². The molecule has 106 valence electrons. The quantitative estimate of drug-likeness (QED) is 0.733. The standard InChI is InChI=1S/C16H14N2O3/c1-10-17-14-9-11(16(19)20)3-8-15(14)18(10)12-4-6-13(21-2)7-5-12/h3-9H,1-2H3,(H,19,20)/p-1. The van der Waals surface area contributed by atoms with E-state index in [2.05, 4.69) is 4.98 Å². The molecule has 1 aromatic heterocycles. The third-order valence-electron chi connectivity index (χ3n) is 3.39. The highest BCUT2D eigenvalue weighted by Crippen LogP contribution is 2.23. The Kier molecular flexibility index (Phi) is 3.10. The predicted molar refractivity (Wildman–Crippen MR) is 76.7 cm³/mol. The maximum Gasteiger partial charge on any atom is 0.119 e. The highest BCUT2D eigenvalue weighted by molar-refractivity contribution is 5.91. The van der Waals surface area contributed by atoms with Gasteiger partial charge in [0.05, 0.1) is 24.1 Å². The molecule has 0 unspecified atom stereocenters. The lowest BCUT2D eigenvalue weighted by Crippen LogP contribution is -2.21. The Morgan fingerprint density at radius 3 is 2.52 bits per heavy atom. The maximum absolute atomic E-state index is 10.9. The van der Waals surface area contributed by atoms with Gasteiger partial charge in [0, 0.05) is 5.69 Å². The fourth-order valence-corrected chi connectivity index (χ4v) is 2.38. The number of carboxylic acids is 1. The number of hydrogen-bond donors (Lipinski definition) is 0. The fourth-order valence-electron chi connectivity index (χ4n) is 2.38. The number of nitrogens with zero attached hydrogens (tertiary/aromatic N) is 2. The lowest BCUT2D eigenvalue weighted by atomic mass is 10.2. The van der Waals surface area contributed by atoms with Crippen molar-refractivity contribution in [2.45, 2.75) is 6.92 Å². The number of carbonyl (C=O) groups excluding carboxylic acids is 1. The molecule has 5 nitrogen and oxygen atoms in total. The average Bonchev–Trinajstić information content (AvgIpc) is 2.82. The maximum atomic E-state index is 10.9. The van der Waals surface area contributed by atoms with Crippen LogP contribution in [0.1, 0.15) is 16.2 Å². The van der Waals surface area contributed by atoms with Crippen LogP contribution >= 0.6 is 0 Å². The van der Waals surface area contributed by atoms with E-state index in [9.17, 15) is 9.90 Å². The minimum atomic E-state index is -1.20. The highest BCUT2D eigenvalue weighted by atomic mass is 16.5. The van der Waals surface area contributed by atoms with Crippen LogP contribution in [-0.4, -0.2) is 22.6 Å². The van der Waals surface area contributed by atoms with E-state index in [0.717, 1.165) is 22.8 Å². The van der Waals surface area contributed by atoms with E-state index in [4.69, 9.17) is 4.74 Å². The van der Waals surface area contributed by atoms with Crippen molar-refractivity contribution in [1.82, 2.24) is 9.55 Å². The van der Waals surface area contributed by atoms with Crippen LogP contribution in [0.5, 0.6) is 5.75 Å². The molecule has 3 rings (SSSR count). The van der Waals surface area contributed by atoms with Gasteiger partial charge in [-0.3, -0.25) is 4.57 Å². The van der Waals surface area contributed by atoms with Gasteiger partial charge in [0.1, 0.15) is 11.6 Å². The van der Waals surface area contributed by atoms with Crippen LogP contribution in [0.2, 0.25) is 0 Å². The summed E-state index contributed by atoms with van der Waals surface area (Å²) >= 11 is 0. The Bertz CT molecular complexity index is 819. The zero-order valence-electron chi connectivity index (χ0n) is 11.7. The summed E-state index contributed by atoms with van der Waals surface area (Å²) in [5.41, 5.74) is 2.55. The minimum absolute atomic E-state index is 0.127. The number of aryl methyl sites for hydroxylation is 1. The van der Waals surface area contributed by atoms with Crippen molar-refractivity contribution in [3.8, 4) is 11.4 Å². The predicted octanol–water partition coefficient (Wildman–Crippen LogP) is 1.71. The molecule has 21 heavy (non-hydrogen) atoms. The van der Waals surface area contributed by atoms with Crippen molar-refractivity contribution in [1.29, 1.82) is 0 Å². The number of ether oxygens (including phenoxy) is 1. The Morgan fingerprint density at radius 2 is 1.90 bits per heavy atom. The van der Waals surface area contributed by atoms with E-state index in [1.165, 1.54) is 12.1 Å². The summed E-state index contributed by atoms with van der Waals surface area (Å²) in [5, 5.41) is 10.9. The molecule has 0 saturated carbocycles. The molecule has 0 amide bonds. The summed E-state index contributed by atoms with van der Waals surface area (Å²) in [6, 6.07) is 12.4. The van der Waals surface area contributed by atoms with Crippen LogP contribution in [0.4, 0.5) is 0 Å². The third kappa shape index (κ3) is 2.23. The Morgan fingerprint density at radius 1 is 1.19 bits per heavy atom. The Balaban J connectivity index is 2.17. The van der Waals surface area contributed by atoms with Gasteiger partial charge in [-0.25, -0.2) is 4.98 Å². The molecule has 0 saturated heterocycles. The van der Waals surface area contributed by atoms with Crippen LogP contribution in [0.15, 0.2) is 42.5 Å². The smallest absolute Gasteiger partial charge is 0.119 e. The van der Waals surface area contributed by atoms with E-state index in [1.807, 2.05) is 35.8 Å². The summed E-state index contributed by atoms with van der Waals surface area (Å²) in [4.78, 5) is 15.3. The molecule has 0 fully saturated rings. The topological polar surface area (TPSA) is 67.2 Å². The molecule has 0 aliphatic heterocycles. The number of methoxy groups -OCH3 is 1. The number of imidazole rings is 1. The summed E-state index contributed by atoms with van der Waals surface area (Å²) in [6.07, 6.45) is 0. The van der Waals surface area contributed by atoms with Crippen molar-refractivity contribution in [3.05, 3.63) is 53.9 Å². The van der Waals surface area contributed by atoms with E-state index in [-0.39, 0.29) is 5.56 Å². The first-order valence-corrected chi connectivity index (χ1v) is 6.45. The van der Waals surface area contributed by atoms with Crippen molar-refractivity contribution < 1.29 is 14.6 Å². The molecule has 0 N–H and O–H groups in total. The van der Waals surface area contributed by atoms with Crippen LogP contribution in [-0.2, 0) is 0 Å². The van der Waals surface area contributed by atoms with Crippen LogP contribution < -0.4 is 9.84 Å². The Labute approximate surface area is 121 Å². The van der Waals surface area contributed by atoms with Crippen molar-refractivity contribution in [2.24, 2.45) is 0 Å². The molecular weight excluding hydrogens is 268 g/mol. The lowest BCUT2D eigenvalue weighted by molar-refractivity contribution is -0.255. The number of aromatic carboxylic acids is 1. The second-order valence-corrected chi connectivity index (χ2v) is 4.68. The summed E-state index contributed by atoms with van der Waals surface area (Å²) in [7, 11) is 1.62. The third-order valence-corrected chi connectivity index (χ3v) is 3.39. The molecule has 0 radical (unpaired) electrons. The second-order valence-electron chi connectivity index (χ2n) is 4.68. The molecule has 0 aliphatic rings. The van der Waals surface area contributed by atoms with Gasteiger partial charge >= 0.3 is 0 Å². The van der Waals surface area contributed by atoms with Crippen molar-refractivity contribution in [3.63, 3.8) is 0 Å². The van der Waals surface area contributed by atoms with E-state index in [0.29, 0.717) is 5.52 Å². The zero-order valence-corrected chi connectivity index (χ0v) is 11.7. The number of rotatable bonds is 3. The van der Waals surface area contributed by atoms with Gasteiger partial charge in [-0.1, -0.05) is 6.07 Å². The molecular formula is C16H13N2O3-. The number of fused-ring (bicyclic) bond motifs is 1. The van der Waals surface area contributed by atoms with E-state index in [1.54, 1.807) is 13.2 Å². The Hall–Kier alpha value is -2.82. The second kappa shape index (κ2) is 4.94. The molecule has 0 aliphatic carbocycles. The highest BCUT2D eigenvalue weighted by Gasteiger charge is 2.10. The van der Waals surface area contributed by atoms with Crippen LogP contribution in [0.25, 0.3) is 16.7 Å². The van der Waals surface area contributed by atoms with Gasteiger partial charge in [0.25, 0.3) is 0 Å². The molecule has 0 bridgehead atoms. The number of benzene rings is 2. The number of hydrogen-bond acceptors (Lipinski definition) is 4. The van der Waals surface area contributed by atoms with Gasteiger partial charge in [-0.2, -0.15) is 0 Å². The monoisotopic (exact) mass is 281 g/mol. The number of carboxylic acid groups (broad SMARTS) is 1. The molecule has 5 heteroatoms. The lowest BCUT2D eigenvalue weighted by Gasteiger charge is -2.08. The SMILES string of the molecule is COc1ccc(-n2c(C)nc3cc(C(=O)[O-])ccc32)cc1. The normalized spacial score (nSPS) is 10.8. The molecule has 2 aromatic carbocycles. The van der Waals surface area contributed by atoms with Crippen molar-refractivity contribution >= 4 is 17.0 Å². The average molecular weight is 281 g/mol. The van der Waals surface area contributed by atoms with Gasteiger partial charge in [-0.15, -0.1) is 0 Å². The molecule has 0 atom stereocenters. The van der Waals surface area contributed by atoms with E-state index < -0.39 is 5.97 Å². The van der Waals surface area contributed by atoms with Crippen molar-refractivity contribution in [2.75, 3.05) is 7.11 Å². The van der Waals surface area contributed by atoms with Crippen LogP contribution in [0, 0.1) is 6.92 Å². The first-order chi connectivity index (χ1) is 10.1. The molecule has 3 aromatic rings. The fraction of sp³-hybridized carbons (Fsp3) is 0.125. The molecule has 0 spiro atoms. The van der Waals surface area contributed by atoms with Gasteiger partial charge in [0.15, 0.2) is 0 Å². The largest absolute Gasteiger partial charge is 0.545 e. The summed E-state index contributed by atoms with van der Waals surface area (Å²) in [5.74, 6) is 0.360. The summed E-state index contributed by atoms with van der Waals surface area (Å²) < 4.78 is 7.12. The zero-order chi connectivity index (χ0) is 15.0. The van der Waals surface area contributed by atoms with Crippen LogP contribution in [0.3, 0.4) is 0 Å². The van der Waals surface area contributed by atoms with Gasteiger partial charge in [-0.05, 0) is 48.9 Å². The minimum Gasteiger partial charge on any atom is -0.545 e.